The molecule has 1 fully saturated rings. The lowest BCUT2D eigenvalue weighted by molar-refractivity contribution is 0.466. The average Bonchev–Trinajstić information content (AvgIpc) is 3.27. The van der Waals surface area contributed by atoms with Crippen LogP contribution in [-0.4, -0.2) is 40.3 Å². The van der Waals surface area contributed by atoms with Gasteiger partial charge in [-0.2, -0.15) is 4.31 Å². The molecule has 0 N–H and O–H groups in total. The smallest absolute Gasteiger partial charge is 0.243 e. The third-order valence-electron chi connectivity index (χ3n) is 4.93. The number of hydrogen-bond acceptors (Lipinski definition) is 4. The molecule has 0 saturated carbocycles. The maximum atomic E-state index is 12.9. The van der Waals surface area contributed by atoms with Gasteiger partial charge in [-0.15, -0.1) is 0 Å². The second kappa shape index (κ2) is 6.48. The summed E-state index contributed by atoms with van der Waals surface area (Å²) in [5.41, 5.74) is 1.91. The maximum absolute atomic E-state index is 12.9. The van der Waals surface area contributed by atoms with E-state index < -0.39 is 10.0 Å². The van der Waals surface area contributed by atoms with E-state index in [9.17, 15) is 8.42 Å². The maximum Gasteiger partial charge on any atom is 0.243 e. The molecule has 7 heteroatoms. The molecular formula is C19H22N4O2S. The summed E-state index contributed by atoms with van der Waals surface area (Å²) in [6, 6.07) is 10.8. The Kier molecular flexibility index (Phi) is 4.28. The molecule has 0 spiro atoms. The second-order valence-corrected chi connectivity index (χ2v) is 8.90. The number of benzene rings is 1. The lowest BCUT2D eigenvalue weighted by Gasteiger charge is -2.18. The number of nitrogens with zero attached hydrogens (tertiary/aromatic N) is 4. The predicted molar refractivity (Wildman–Crippen MR) is 100 cm³/mol. The number of hydrogen-bond donors (Lipinski definition) is 0. The monoisotopic (exact) mass is 370 g/mol. The van der Waals surface area contributed by atoms with Crippen molar-refractivity contribution in [2.24, 2.45) is 0 Å². The van der Waals surface area contributed by atoms with Crippen molar-refractivity contribution < 1.29 is 8.42 Å². The predicted octanol–water partition coefficient (Wildman–Crippen LogP) is 3.19. The molecule has 0 amide bonds. The molecule has 26 heavy (non-hydrogen) atoms. The molecule has 0 radical (unpaired) electrons. The molecule has 2 aromatic heterocycles. The zero-order valence-corrected chi connectivity index (χ0v) is 15.7. The molecule has 1 aromatic carbocycles. The van der Waals surface area contributed by atoms with Crippen LogP contribution in [0.2, 0.25) is 0 Å². The normalized spacial score (nSPS) is 18.8. The first kappa shape index (κ1) is 17.2. The Morgan fingerprint density at radius 2 is 1.92 bits per heavy atom. The van der Waals surface area contributed by atoms with Crippen molar-refractivity contribution in [3.8, 4) is 0 Å². The van der Waals surface area contributed by atoms with Gasteiger partial charge in [0.2, 0.25) is 10.0 Å². The van der Waals surface area contributed by atoms with Gasteiger partial charge in [0.25, 0.3) is 0 Å². The summed E-state index contributed by atoms with van der Waals surface area (Å²) in [5.74, 6) is 1.04. The molecule has 0 unspecified atom stereocenters. The molecule has 136 valence electrons. The standard InChI is InChI=1S/C19H22N4O2S/c1-14(2)23-18-12-20-10-8-17(18)21-19(23)15-9-11-22(13-15)26(24,25)16-6-4-3-5-7-16/h3-8,10,12,14-15H,9,11,13H2,1-2H3/t15-/m1/s1. The number of aromatic nitrogens is 3. The van der Waals surface area contributed by atoms with Crippen molar-refractivity contribution in [1.29, 1.82) is 0 Å². The van der Waals surface area contributed by atoms with Gasteiger partial charge >= 0.3 is 0 Å². The van der Waals surface area contributed by atoms with E-state index in [4.69, 9.17) is 4.98 Å². The van der Waals surface area contributed by atoms with Crippen LogP contribution in [0.1, 0.15) is 38.1 Å². The van der Waals surface area contributed by atoms with E-state index in [2.05, 4.69) is 23.4 Å². The zero-order valence-electron chi connectivity index (χ0n) is 14.9. The van der Waals surface area contributed by atoms with Gasteiger partial charge in [0, 0.05) is 31.2 Å². The summed E-state index contributed by atoms with van der Waals surface area (Å²) < 4.78 is 29.5. The van der Waals surface area contributed by atoms with Gasteiger partial charge in [-0.1, -0.05) is 18.2 Å². The van der Waals surface area contributed by atoms with Crippen molar-refractivity contribution in [3.05, 3.63) is 54.6 Å². The number of imidazole rings is 1. The van der Waals surface area contributed by atoms with Crippen molar-refractivity contribution in [3.63, 3.8) is 0 Å². The highest BCUT2D eigenvalue weighted by Crippen LogP contribution is 2.33. The molecule has 1 aliphatic rings. The van der Waals surface area contributed by atoms with E-state index in [-0.39, 0.29) is 12.0 Å². The van der Waals surface area contributed by atoms with Crippen molar-refractivity contribution >= 4 is 21.1 Å². The third kappa shape index (κ3) is 2.81. The van der Waals surface area contributed by atoms with Gasteiger partial charge < -0.3 is 4.57 Å². The molecular weight excluding hydrogens is 348 g/mol. The topological polar surface area (TPSA) is 68.1 Å². The molecule has 6 nitrogen and oxygen atoms in total. The lowest BCUT2D eigenvalue weighted by Crippen LogP contribution is -2.29. The Morgan fingerprint density at radius 1 is 1.15 bits per heavy atom. The molecule has 0 aliphatic carbocycles. The molecule has 3 heterocycles. The minimum atomic E-state index is -3.46. The number of pyridine rings is 1. The first-order valence-electron chi connectivity index (χ1n) is 8.85. The van der Waals surface area contributed by atoms with Crippen LogP contribution in [0.15, 0.2) is 53.7 Å². The van der Waals surface area contributed by atoms with Crippen LogP contribution in [0.25, 0.3) is 11.0 Å². The van der Waals surface area contributed by atoms with Crippen LogP contribution >= 0.6 is 0 Å². The molecule has 4 rings (SSSR count). The Bertz CT molecular complexity index is 1030. The minimum absolute atomic E-state index is 0.0864. The lowest BCUT2D eigenvalue weighted by atomic mass is 10.1. The van der Waals surface area contributed by atoms with E-state index in [1.165, 1.54) is 0 Å². The Morgan fingerprint density at radius 3 is 2.65 bits per heavy atom. The molecule has 1 saturated heterocycles. The number of fused-ring (bicyclic) bond motifs is 1. The third-order valence-corrected chi connectivity index (χ3v) is 6.81. The van der Waals surface area contributed by atoms with Gasteiger partial charge in [-0.3, -0.25) is 4.98 Å². The van der Waals surface area contributed by atoms with Crippen molar-refractivity contribution in [1.82, 2.24) is 18.8 Å². The average molecular weight is 370 g/mol. The van der Waals surface area contributed by atoms with Gasteiger partial charge in [0.1, 0.15) is 5.82 Å². The molecule has 3 aromatic rings. The molecule has 1 aliphatic heterocycles. The van der Waals surface area contributed by atoms with Crippen LogP contribution in [0, 0.1) is 0 Å². The Labute approximate surface area is 153 Å². The van der Waals surface area contributed by atoms with Crippen LogP contribution < -0.4 is 0 Å². The first-order chi connectivity index (χ1) is 12.5. The summed E-state index contributed by atoms with van der Waals surface area (Å²) in [7, 11) is -3.46. The second-order valence-electron chi connectivity index (χ2n) is 6.96. The highest BCUT2D eigenvalue weighted by molar-refractivity contribution is 7.89. The largest absolute Gasteiger partial charge is 0.324 e. The van der Waals surface area contributed by atoms with Gasteiger partial charge in [0.15, 0.2) is 0 Å². The SMILES string of the molecule is CC(C)n1c([C@@H]2CCN(S(=O)(=O)c3ccccc3)C2)nc2ccncc21. The Balaban J connectivity index is 1.68. The molecule has 1 atom stereocenters. The summed E-state index contributed by atoms with van der Waals surface area (Å²) in [6.45, 7) is 5.21. The summed E-state index contributed by atoms with van der Waals surface area (Å²) >= 11 is 0. The van der Waals surface area contributed by atoms with Crippen molar-refractivity contribution in [2.45, 2.75) is 37.1 Å². The van der Waals surface area contributed by atoms with Crippen LogP contribution in [-0.2, 0) is 10.0 Å². The van der Waals surface area contributed by atoms with E-state index in [1.54, 1.807) is 34.8 Å². The van der Waals surface area contributed by atoms with E-state index in [0.29, 0.717) is 18.0 Å². The zero-order chi connectivity index (χ0) is 18.3. The summed E-state index contributed by atoms with van der Waals surface area (Å²) in [5, 5.41) is 0. The number of sulfonamides is 1. The summed E-state index contributed by atoms with van der Waals surface area (Å²) in [6.07, 6.45) is 4.35. The molecule has 0 bridgehead atoms. The van der Waals surface area contributed by atoms with Crippen LogP contribution in [0.3, 0.4) is 0 Å². The highest BCUT2D eigenvalue weighted by atomic mass is 32.2. The fraction of sp³-hybridized carbons (Fsp3) is 0.368. The van der Waals surface area contributed by atoms with Crippen LogP contribution in [0.4, 0.5) is 0 Å². The van der Waals surface area contributed by atoms with E-state index >= 15 is 0 Å². The van der Waals surface area contributed by atoms with Crippen molar-refractivity contribution in [2.75, 3.05) is 13.1 Å². The minimum Gasteiger partial charge on any atom is -0.324 e. The first-order valence-corrected chi connectivity index (χ1v) is 10.3. The number of rotatable bonds is 4. The van der Waals surface area contributed by atoms with Gasteiger partial charge in [-0.25, -0.2) is 13.4 Å². The van der Waals surface area contributed by atoms with E-state index in [1.807, 2.05) is 18.3 Å². The fourth-order valence-corrected chi connectivity index (χ4v) is 5.21. The summed E-state index contributed by atoms with van der Waals surface area (Å²) in [4.78, 5) is 9.38. The van der Waals surface area contributed by atoms with Gasteiger partial charge in [-0.05, 0) is 38.5 Å². The van der Waals surface area contributed by atoms with Crippen LogP contribution in [0.5, 0.6) is 0 Å². The fourth-order valence-electron chi connectivity index (χ4n) is 3.69. The van der Waals surface area contributed by atoms with E-state index in [0.717, 1.165) is 23.3 Å². The quantitative estimate of drug-likeness (QED) is 0.707. The highest BCUT2D eigenvalue weighted by Gasteiger charge is 2.35. The van der Waals surface area contributed by atoms with Gasteiger partial charge in [0.05, 0.1) is 22.1 Å². The Hall–Kier alpha value is -2.25.